The Balaban J connectivity index is 1.17. The monoisotopic (exact) mass is 520 g/mol. The minimum Gasteiger partial charge on any atom is -0.490 e. The van der Waals surface area contributed by atoms with Crippen LogP contribution in [0.25, 0.3) is 0 Å². The molecule has 9 heteroatoms. The second-order valence-corrected chi connectivity index (χ2v) is 10.5. The van der Waals surface area contributed by atoms with Crippen LogP contribution in [0.2, 0.25) is 0 Å². The lowest BCUT2D eigenvalue weighted by atomic mass is 9.94. The van der Waals surface area contributed by atoms with Crippen molar-refractivity contribution in [2.75, 3.05) is 25.5 Å². The second-order valence-electron chi connectivity index (χ2n) is 10.5. The number of rotatable bonds is 7. The molecule has 1 saturated carbocycles. The molecule has 2 aliphatic heterocycles. The van der Waals surface area contributed by atoms with E-state index < -0.39 is 0 Å². The van der Waals surface area contributed by atoms with Crippen molar-refractivity contribution >= 4 is 23.4 Å². The number of likely N-dealkylation sites (N-methyl/N-ethyl adjacent to an activating group) is 1. The summed E-state index contributed by atoms with van der Waals surface area (Å²) in [7, 11) is 1.79. The topological polar surface area (TPSA) is 110 Å². The number of hydrogen-bond acceptors (Lipinski definition) is 6. The first-order chi connectivity index (χ1) is 18.5. The largest absolute Gasteiger partial charge is 0.490 e. The van der Waals surface area contributed by atoms with Crippen molar-refractivity contribution in [3.63, 3.8) is 0 Å². The molecule has 0 spiro atoms. The number of carbonyl (C=O) groups is 3. The van der Waals surface area contributed by atoms with E-state index in [0.29, 0.717) is 30.0 Å². The van der Waals surface area contributed by atoms with Gasteiger partial charge in [0.2, 0.25) is 11.8 Å². The molecule has 9 nitrogen and oxygen atoms in total. The highest BCUT2D eigenvalue weighted by Gasteiger charge is 2.39. The van der Waals surface area contributed by atoms with Gasteiger partial charge < -0.3 is 25.0 Å². The Morgan fingerprint density at radius 2 is 1.87 bits per heavy atom. The minimum atomic E-state index is -0.331. The minimum absolute atomic E-state index is 0.0169. The number of hydrogen-bond donors (Lipinski definition) is 2. The average Bonchev–Trinajstić information content (AvgIpc) is 3.47. The van der Waals surface area contributed by atoms with E-state index in [0.717, 1.165) is 44.1 Å². The summed E-state index contributed by atoms with van der Waals surface area (Å²) in [5, 5.41) is 5.95. The summed E-state index contributed by atoms with van der Waals surface area (Å²) in [5.41, 5.74) is 2.17. The standard InChI is InChI=1S/C29H36N4O5/c1-33-24-8-7-22(17-27(34)31-15-12-19-10-13-30-14-11-19)38-26(24)18-37-25-9-6-21(16-23(25)29(33)36)32-28(35)20-4-2-3-5-20/h6,9-11,13-14,16,20,22,24,26H,2-5,7-8,12,15,17-18H2,1H3,(H,31,34)(H,32,35)/t22-,24+,26-/m1/s1. The van der Waals surface area contributed by atoms with Crippen LogP contribution in [-0.2, 0) is 20.7 Å². The van der Waals surface area contributed by atoms with Gasteiger partial charge in [0.05, 0.1) is 24.1 Å². The highest BCUT2D eigenvalue weighted by Crippen LogP contribution is 2.33. The molecule has 1 aromatic carbocycles. The maximum Gasteiger partial charge on any atom is 0.257 e. The summed E-state index contributed by atoms with van der Waals surface area (Å²) in [6, 6.07) is 8.95. The number of benzene rings is 1. The molecule has 0 radical (unpaired) electrons. The first kappa shape index (κ1) is 26.2. The SMILES string of the molecule is CN1C(=O)c2cc(NC(=O)C3CCCC3)ccc2OC[C@H]2O[C@@H](CC(=O)NCCc3ccncc3)CC[C@@H]21. The van der Waals surface area contributed by atoms with E-state index in [9.17, 15) is 14.4 Å². The molecule has 3 atom stereocenters. The third-order valence-corrected chi connectivity index (χ3v) is 7.90. The van der Waals surface area contributed by atoms with Crippen LogP contribution in [-0.4, -0.2) is 66.1 Å². The van der Waals surface area contributed by atoms with Crippen LogP contribution in [0, 0.1) is 5.92 Å². The maximum atomic E-state index is 13.4. The molecule has 1 aromatic heterocycles. The Kier molecular flexibility index (Phi) is 8.22. The summed E-state index contributed by atoms with van der Waals surface area (Å²) in [6.07, 6.45) is 9.36. The van der Waals surface area contributed by atoms with Crippen LogP contribution < -0.4 is 15.4 Å². The second kappa shape index (κ2) is 11.9. The zero-order valence-corrected chi connectivity index (χ0v) is 21.9. The lowest BCUT2D eigenvalue weighted by Gasteiger charge is -2.42. The Morgan fingerprint density at radius 3 is 2.66 bits per heavy atom. The van der Waals surface area contributed by atoms with Crippen LogP contribution in [0.15, 0.2) is 42.7 Å². The predicted molar refractivity (Wildman–Crippen MR) is 142 cm³/mol. The smallest absolute Gasteiger partial charge is 0.257 e. The number of aromatic nitrogens is 1. The number of nitrogens with one attached hydrogen (secondary N) is 2. The van der Waals surface area contributed by atoms with Gasteiger partial charge in [0, 0.05) is 37.6 Å². The molecule has 1 aliphatic carbocycles. The molecule has 3 heterocycles. The zero-order valence-electron chi connectivity index (χ0n) is 21.9. The summed E-state index contributed by atoms with van der Waals surface area (Å²) in [5.74, 6) is 0.323. The van der Waals surface area contributed by atoms with E-state index >= 15 is 0 Å². The molecule has 3 aliphatic rings. The number of anilines is 1. The number of nitrogens with zero attached hydrogens (tertiary/aromatic N) is 2. The molecular formula is C29H36N4O5. The van der Waals surface area contributed by atoms with Gasteiger partial charge in [-0.2, -0.15) is 0 Å². The number of amides is 3. The maximum absolute atomic E-state index is 13.4. The number of pyridine rings is 1. The summed E-state index contributed by atoms with van der Waals surface area (Å²) >= 11 is 0. The Morgan fingerprint density at radius 1 is 1.08 bits per heavy atom. The van der Waals surface area contributed by atoms with E-state index in [-0.39, 0.29) is 54.9 Å². The third kappa shape index (κ3) is 6.15. The van der Waals surface area contributed by atoms with Crippen molar-refractivity contribution in [3.05, 3.63) is 53.9 Å². The molecule has 1 saturated heterocycles. The van der Waals surface area contributed by atoms with Gasteiger partial charge >= 0.3 is 0 Å². The van der Waals surface area contributed by atoms with Gasteiger partial charge in [-0.15, -0.1) is 0 Å². The van der Waals surface area contributed by atoms with Crippen molar-refractivity contribution in [1.82, 2.24) is 15.2 Å². The van der Waals surface area contributed by atoms with Crippen molar-refractivity contribution in [2.24, 2.45) is 5.92 Å². The summed E-state index contributed by atoms with van der Waals surface area (Å²) in [6.45, 7) is 0.838. The van der Waals surface area contributed by atoms with Gasteiger partial charge in [0.15, 0.2) is 0 Å². The molecule has 0 unspecified atom stereocenters. The van der Waals surface area contributed by atoms with E-state index in [4.69, 9.17) is 9.47 Å². The van der Waals surface area contributed by atoms with E-state index in [1.165, 1.54) is 0 Å². The van der Waals surface area contributed by atoms with Crippen LogP contribution in [0.3, 0.4) is 0 Å². The molecule has 0 bridgehead atoms. The van der Waals surface area contributed by atoms with Gasteiger partial charge in [-0.1, -0.05) is 12.8 Å². The molecule has 38 heavy (non-hydrogen) atoms. The lowest BCUT2D eigenvalue weighted by Crippen LogP contribution is -2.54. The van der Waals surface area contributed by atoms with Crippen molar-refractivity contribution in [2.45, 2.75) is 69.6 Å². The highest BCUT2D eigenvalue weighted by atomic mass is 16.5. The molecule has 2 fully saturated rings. The van der Waals surface area contributed by atoms with Gasteiger partial charge in [-0.3, -0.25) is 19.4 Å². The zero-order chi connectivity index (χ0) is 26.5. The van der Waals surface area contributed by atoms with E-state index in [2.05, 4.69) is 15.6 Å². The van der Waals surface area contributed by atoms with Crippen LogP contribution in [0.4, 0.5) is 5.69 Å². The van der Waals surface area contributed by atoms with Crippen LogP contribution in [0.1, 0.15) is 60.9 Å². The highest BCUT2D eigenvalue weighted by molar-refractivity contribution is 6.00. The van der Waals surface area contributed by atoms with E-state index in [1.54, 1.807) is 42.5 Å². The van der Waals surface area contributed by atoms with Crippen LogP contribution >= 0.6 is 0 Å². The van der Waals surface area contributed by atoms with E-state index in [1.807, 2.05) is 12.1 Å². The first-order valence-electron chi connectivity index (χ1n) is 13.6. The number of ether oxygens (including phenoxy) is 2. The van der Waals surface area contributed by atoms with Gasteiger partial charge in [-0.05, 0) is 68.0 Å². The first-order valence-corrected chi connectivity index (χ1v) is 13.6. The van der Waals surface area contributed by atoms with Crippen LogP contribution in [0.5, 0.6) is 5.75 Å². The lowest BCUT2D eigenvalue weighted by molar-refractivity contribution is -0.134. The number of carbonyl (C=O) groups excluding carboxylic acids is 3. The number of fused-ring (bicyclic) bond motifs is 2. The fourth-order valence-corrected chi connectivity index (χ4v) is 5.71. The van der Waals surface area contributed by atoms with Gasteiger partial charge in [-0.25, -0.2) is 0 Å². The Hall–Kier alpha value is -3.46. The Labute approximate surface area is 223 Å². The molecular weight excluding hydrogens is 484 g/mol. The van der Waals surface area contributed by atoms with Gasteiger partial charge in [0.1, 0.15) is 18.5 Å². The summed E-state index contributed by atoms with van der Waals surface area (Å²) < 4.78 is 12.3. The Bertz CT molecular complexity index is 1150. The molecule has 2 N–H and O–H groups in total. The average molecular weight is 521 g/mol. The van der Waals surface area contributed by atoms with Crippen molar-refractivity contribution in [1.29, 1.82) is 0 Å². The fraction of sp³-hybridized carbons (Fsp3) is 0.517. The predicted octanol–water partition coefficient (Wildman–Crippen LogP) is 3.34. The molecule has 202 valence electrons. The normalized spacial score (nSPS) is 23.4. The van der Waals surface area contributed by atoms with Crippen molar-refractivity contribution < 1.29 is 23.9 Å². The summed E-state index contributed by atoms with van der Waals surface area (Å²) in [4.78, 5) is 44.3. The molecule has 2 aromatic rings. The van der Waals surface area contributed by atoms with Crippen molar-refractivity contribution in [3.8, 4) is 5.75 Å². The van der Waals surface area contributed by atoms with Gasteiger partial charge in [0.25, 0.3) is 5.91 Å². The third-order valence-electron chi connectivity index (χ3n) is 7.90. The quantitative estimate of drug-likeness (QED) is 0.580. The molecule has 5 rings (SSSR count). The fourth-order valence-electron chi connectivity index (χ4n) is 5.71. The molecule has 3 amide bonds.